The summed E-state index contributed by atoms with van der Waals surface area (Å²) in [5, 5.41) is 0. The largest absolute Gasteiger partial charge is 0.486 e. The SMILES string of the molecule is C[C@H]1CCC2[C@H](C1)C1=C(OC2(C)C)c2ccccc2C(=O)C1=O. The maximum absolute atomic E-state index is 12.8. The van der Waals surface area contributed by atoms with Crippen LogP contribution in [-0.2, 0) is 9.53 Å². The molecule has 3 aliphatic rings. The molecule has 23 heavy (non-hydrogen) atoms. The highest BCUT2D eigenvalue weighted by atomic mass is 16.5. The third-order valence-electron chi connectivity index (χ3n) is 5.85. The molecule has 4 rings (SSSR count). The zero-order valence-electron chi connectivity index (χ0n) is 13.9. The fraction of sp³-hybridized carbons (Fsp3) is 0.500. The quantitative estimate of drug-likeness (QED) is 0.680. The maximum Gasteiger partial charge on any atom is 0.234 e. The topological polar surface area (TPSA) is 43.4 Å². The van der Waals surface area contributed by atoms with E-state index in [-0.39, 0.29) is 23.1 Å². The molecule has 1 heterocycles. The Kier molecular flexibility index (Phi) is 3.06. The van der Waals surface area contributed by atoms with Crippen LogP contribution < -0.4 is 0 Å². The van der Waals surface area contributed by atoms with Crippen molar-refractivity contribution in [1.29, 1.82) is 0 Å². The van der Waals surface area contributed by atoms with Crippen molar-refractivity contribution < 1.29 is 14.3 Å². The molecule has 3 atom stereocenters. The van der Waals surface area contributed by atoms with Crippen LogP contribution in [0.3, 0.4) is 0 Å². The van der Waals surface area contributed by atoms with Gasteiger partial charge in [0.2, 0.25) is 11.6 Å². The molecule has 1 saturated carbocycles. The van der Waals surface area contributed by atoms with E-state index < -0.39 is 0 Å². The lowest BCUT2D eigenvalue weighted by atomic mass is 9.62. The van der Waals surface area contributed by atoms with Gasteiger partial charge in [0.25, 0.3) is 0 Å². The molecule has 0 N–H and O–H groups in total. The lowest BCUT2D eigenvalue weighted by Crippen LogP contribution is -2.49. The van der Waals surface area contributed by atoms with Gasteiger partial charge in [-0.1, -0.05) is 37.6 Å². The number of carbonyl (C=O) groups is 2. The van der Waals surface area contributed by atoms with Crippen LogP contribution in [0.1, 0.15) is 56.0 Å². The van der Waals surface area contributed by atoms with Crippen LogP contribution in [0.4, 0.5) is 0 Å². The molecule has 0 bridgehead atoms. The van der Waals surface area contributed by atoms with Gasteiger partial charge in [0, 0.05) is 22.6 Å². The van der Waals surface area contributed by atoms with E-state index in [4.69, 9.17) is 4.74 Å². The minimum Gasteiger partial charge on any atom is -0.486 e. The molecule has 2 aliphatic carbocycles. The van der Waals surface area contributed by atoms with Crippen LogP contribution in [0, 0.1) is 17.8 Å². The number of hydrogen-bond donors (Lipinski definition) is 0. The zero-order chi connectivity index (χ0) is 16.4. The van der Waals surface area contributed by atoms with Crippen LogP contribution in [-0.4, -0.2) is 17.2 Å². The molecular weight excluding hydrogens is 288 g/mol. The predicted octanol–water partition coefficient (Wildman–Crippen LogP) is 4.02. The van der Waals surface area contributed by atoms with E-state index in [9.17, 15) is 9.59 Å². The Balaban J connectivity index is 1.94. The minimum atomic E-state index is -0.375. The number of benzene rings is 1. The summed E-state index contributed by atoms with van der Waals surface area (Å²) in [7, 11) is 0. The van der Waals surface area contributed by atoms with Gasteiger partial charge in [0.1, 0.15) is 11.4 Å². The smallest absolute Gasteiger partial charge is 0.234 e. The van der Waals surface area contributed by atoms with Gasteiger partial charge < -0.3 is 4.74 Å². The fourth-order valence-corrected chi connectivity index (χ4v) is 4.69. The average Bonchev–Trinajstić information content (AvgIpc) is 2.51. The van der Waals surface area contributed by atoms with Crippen LogP contribution in [0.25, 0.3) is 5.76 Å². The molecule has 1 fully saturated rings. The van der Waals surface area contributed by atoms with Crippen molar-refractivity contribution in [3.05, 3.63) is 41.0 Å². The lowest BCUT2D eigenvalue weighted by molar-refractivity contribution is -0.115. The Morgan fingerprint density at radius 1 is 1.04 bits per heavy atom. The molecule has 1 aromatic rings. The summed E-state index contributed by atoms with van der Waals surface area (Å²) < 4.78 is 6.33. The van der Waals surface area contributed by atoms with Crippen molar-refractivity contribution >= 4 is 17.3 Å². The molecular formula is C20H22O3. The third kappa shape index (κ3) is 2.02. The Bertz CT molecular complexity index is 741. The number of rotatable bonds is 0. The van der Waals surface area contributed by atoms with Crippen LogP contribution >= 0.6 is 0 Å². The van der Waals surface area contributed by atoms with Crippen molar-refractivity contribution in [2.75, 3.05) is 0 Å². The highest BCUT2D eigenvalue weighted by Gasteiger charge is 2.51. The number of carbonyl (C=O) groups excluding carboxylic acids is 2. The van der Waals surface area contributed by atoms with E-state index in [0.717, 1.165) is 24.8 Å². The van der Waals surface area contributed by atoms with Gasteiger partial charge in [-0.3, -0.25) is 9.59 Å². The summed E-state index contributed by atoms with van der Waals surface area (Å²) in [6, 6.07) is 7.33. The standard InChI is InChI=1S/C20H22O3/c1-11-8-9-15-14(10-11)16-18(22)17(21)12-6-4-5-7-13(12)19(16)23-20(15,2)3/h4-7,11,14-15H,8-10H2,1-3H3/t11-,14-,15?/m0/s1. The summed E-state index contributed by atoms with van der Waals surface area (Å²) >= 11 is 0. The number of Topliss-reactive ketones (excluding diaryl/α,β-unsaturated/α-hetero) is 2. The summed E-state index contributed by atoms with van der Waals surface area (Å²) in [5.41, 5.74) is 1.60. The minimum absolute atomic E-state index is 0.141. The van der Waals surface area contributed by atoms with E-state index in [1.54, 1.807) is 12.1 Å². The van der Waals surface area contributed by atoms with Crippen molar-refractivity contribution in [1.82, 2.24) is 0 Å². The average molecular weight is 310 g/mol. The first-order valence-electron chi connectivity index (χ1n) is 8.51. The lowest BCUT2D eigenvalue weighted by Gasteiger charge is -2.50. The summed E-state index contributed by atoms with van der Waals surface area (Å²) in [4.78, 5) is 25.4. The molecule has 0 saturated heterocycles. The van der Waals surface area contributed by atoms with Crippen LogP contribution in [0.5, 0.6) is 0 Å². The van der Waals surface area contributed by atoms with Gasteiger partial charge in [-0.05, 0) is 38.5 Å². The van der Waals surface area contributed by atoms with Crippen molar-refractivity contribution in [3.8, 4) is 0 Å². The third-order valence-corrected chi connectivity index (χ3v) is 5.85. The van der Waals surface area contributed by atoms with Crippen LogP contribution in [0.15, 0.2) is 29.8 Å². The highest BCUT2D eigenvalue weighted by molar-refractivity contribution is 6.52. The summed E-state index contributed by atoms with van der Waals surface area (Å²) in [6.07, 6.45) is 3.19. The molecule has 1 aliphatic heterocycles. The van der Waals surface area contributed by atoms with Gasteiger partial charge >= 0.3 is 0 Å². The Labute approximate surface area is 136 Å². The molecule has 1 unspecified atom stereocenters. The number of allylic oxidation sites excluding steroid dienone is 1. The van der Waals surface area contributed by atoms with Crippen LogP contribution in [0.2, 0.25) is 0 Å². The Morgan fingerprint density at radius 2 is 1.74 bits per heavy atom. The van der Waals surface area contributed by atoms with Gasteiger partial charge in [-0.2, -0.15) is 0 Å². The second-order valence-electron chi connectivity index (χ2n) is 7.78. The molecule has 0 amide bonds. The monoisotopic (exact) mass is 310 g/mol. The number of ether oxygens (including phenoxy) is 1. The molecule has 3 nitrogen and oxygen atoms in total. The van der Waals surface area contributed by atoms with Crippen molar-refractivity contribution in [2.24, 2.45) is 17.8 Å². The zero-order valence-corrected chi connectivity index (χ0v) is 13.9. The first kappa shape index (κ1) is 14.7. The van der Waals surface area contributed by atoms with E-state index in [0.29, 0.717) is 28.7 Å². The van der Waals surface area contributed by atoms with Gasteiger partial charge in [-0.15, -0.1) is 0 Å². The molecule has 120 valence electrons. The van der Waals surface area contributed by atoms with Gasteiger partial charge in [0.15, 0.2) is 0 Å². The molecule has 0 spiro atoms. The van der Waals surface area contributed by atoms with Crippen molar-refractivity contribution in [2.45, 2.75) is 45.6 Å². The molecule has 3 heteroatoms. The second kappa shape index (κ2) is 4.80. The van der Waals surface area contributed by atoms with E-state index in [1.807, 2.05) is 12.1 Å². The Hall–Kier alpha value is -1.90. The Morgan fingerprint density at radius 3 is 2.48 bits per heavy atom. The van der Waals surface area contributed by atoms with Gasteiger partial charge in [0.05, 0.1) is 0 Å². The number of fused-ring (bicyclic) bond motifs is 4. The normalized spacial score (nSPS) is 31.9. The molecule has 0 radical (unpaired) electrons. The first-order valence-corrected chi connectivity index (χ1v) is 8.51. The highest BCUT2D eigenvalue weighted by Crippen LogP contribution is 2.53. The predicted molar refractivity (Wildman–Crippen MR) is 87.9 cm³/mol. The molecule has 1 aromatic carbocycles. The second-order valence-corrected chi connectivity index (χ2v) is 7.78. The van der Waals surface area contributed by atoms with Crippen molar-refractivity contribution in [3.63, 3.8) is 0 Å². The van der Waals surface area contributed by atoms with E-state index in [1.165, 1.54) is 0 Å². The first-order chi connectivity index (χ1) is 10.9. The summed E-state index contributed by atoms with van der Waals surface area (Å²) in [5.74, 6) is 0.962. The van der Waals surface area contributed by atoms with E-state index in [2.05, 4.69) is 20.8 Å². The summed E-state index contributed by atoms with van der Waals surface area (Å²) in [6.45, 7) is 6.48. The number of ketones is 2. The molecule has 0 aromatic heterocycles. The maximum atomic E-state index is 12.8. The fourth-order valence-electron chi connectivity index (χ4n) is 4.69. The van der Waals surface area contributed by atoms with Gasteiger partial charge in [-0.25, -0.2) is 0 Å². The van der Waals surface area contributed by atoms with E-state index >= 15 is 0 Å². The number of hydrogen-bond acceptors (Lipinski definition) is 3.